The molecule has 4 heteroatoms. The number of aryl methyl sites for hydroxylation is 1. The van der Waals surface area contributed by atoms with E-state index in [4.69, 9.17) is 4.18 Å². The predicted octanol–water partition coefficient (Wildman–Crippen LogP) is 2.46. The molecule has 0 fully saturated rings. The number of hydrogen-bond donors (Lipinski definition) is 0. The maximum Gasteiger partial charge on any atom is 0.306 e. The Morgan fingerprint density at radius 1 is 1.27 bits per heavy atom. The van der Waals surface area contributed by atoms with Crippen LogP contribution >= 0.6 is 0 Å². The lowest BCUT2D eigenvalue weighted by Crippen LogP contribution is -2.08. The van der Waals surface area contributed by atoms with Gasteiger partial charge in [0.25, 0.3) is 0 Å². The Kier molecular flexibility index (Phi) is 3.39. The third-order valence-electron chi connectivity index (χ3n) is 2.10. The molecular weight excluding hydrogens is 212 g/mol. The van der Waals surface area contributed by atoms with Gasteiger partial charge in [0, 0.05) is 5.56 Å². The molecule has 0 aliphatic heterocycles. The van der Waals surface area contributed by atoms with E-state index in [0.29, 0.717) is 5.75 Å². The van der Waals surface area contributed by atoms with Gasteiger partial charge in [-0.2, -0.15) is 8.42 Å². The Hall–Kier alpha value is -1.03. The zero-order chi connectivity index (χ0) is 11.6. The molecule has 0 unspecified atom stereocenters. The van der Waals surface area contributed by atoms with Crippen LogP contribution in [0.5, 0.6) is 5.75 Å². The van der Waals surface area contributed by atoms with Gasteiger partial charge in [-0.25, -0.2) is 0 Å². The van der Waals surface area contributed by atoms with Crippen LogP contribution in [0.25, 0.3) is 0 Å². The highest BCUT2D eigenvalue weighted by Crippen LogP contribution is 2.30. The lowest BCUT2D eigenvalue weighted by Gasteiger charge is -2.14. The number of hydrogen-bond acceptors (Lipinski definition) is 3. The highest BCUT2D eigenvalue weighted by molar-refractivity contribution is 7.86. The van der Waals surface area contributed by atoms with Crippen molar-refractivity contribution in [1.29, 1.82) is 0 Å². The van der Waals surface area contributed by atoms with E-state index in [1.165, 1.54) is 0 Å². The minimum Gasteiger partial charge on any atom is -0.382 e. The minimum absolute atomic E-state index is 0.239. The Labute approximate surface area is 91.2 Å². The maximum atomic E-state index is 11.1. The molecule has 3 nitrogen and oxygen atoms in total. The molecule has 0 heterocycles. The van der Waals surface area contributed by atoms with E-state index in [1.54, 1.807) is 12.1 Å². The van der Waals surface area contributed by atoms with E-state index in [2.05, 4.69) is 0 Å². The van der Waals surface area contributed by atoms with Gasteiger partial charge in [0.15, 0.2) is 0 Å². The monoisotopic (exact) mass is 228 g/mol. The van der Waals surface area contributed by atoms with Gasteiger partial charge in [0.1, 0.15) is 5.75 Å². The summed E-state index contributed by atoms with van der Waals surface area (Å²) in [7, 11) is -3.45. The summed E-state index contributed by atoms with van der Waals surface area (Å²) in [6, 6.07) is 5.43. The fraction of sp³-hybridized carbons (Fsp3) is 0.455. The Morgan fingerprint density at radius 3 is 2.33 bits per heavy atom. The summed E-state index contributed by atoms with van der Waals surface area (Å²) in [5.41, 5.74) is 1.99. The molecule has 0 spiro atoms. The van der Waals surface area contributed by atoms with Gasteiger partial charge < -0.3 is 4.18 Å². The average molecular weight is 228 g/mol. The van der Waals surface area contributed by atoms with Crippen molar-refractivity contribution >= 4 is 10.1 Å². The third-order valence-corrected chi connectivity index (χ3v) is 2.58. The number of benzene rings is 1. The van der Waals surface area contributed by atoms with E-state index in [0.717, 1.165) is 17.4 Å². The summed E-state index contributed by atoms with van der Waals surface area (Å²) in [4.78, 5) is 0. The molecule has 0 amide bonds. The molecule has 0 saturated heterocycles. The van der Waals surface area contributed by atoms with Crippen molar-refractivity contribution in [1.82, 2.24) is 0 Å². The molecule has 84 valence electrons. The SMILES string of the molecule is Cc1cccc(OS(C)(=O)=O)c1C(C)C. The van der Waals surface area contributed by atoms with Crippen LogP contribution in [-0.4, -0.2) is 14.7 Å². The van der Waals surface area contributed by atoms with E-state index < -0.39 is 10.1 Å². The second kappa shape index (κ2) is 4.23. The zero-order valence-corrected chi connectivity index (χ0v) is 10.3. The molecule has 0 N–H and O–H groups in total. The fourth-order valence-electron chi connectivity index (χ4n) is 1.63. The van der Waals surface area contributed by atoms with E-state index in [9.17, 15) is 8.42 Å². The van der Waals surface area contributed by atoms with Crippen LogP contribution in [0, 0.1) is 6.92 Å². The van der Waals surface area contributed by atoms with Crippen molar-refractivity contribution in [2.75, 3.05) is 6.26 Å². The van der Waals surface area contributed by atoms with Gasteiger partial charge in [-0.1, -0.05) is 26.0 Å². The van der Waals surface area contributed by atoms with Crippen LogP contribution in [0.2, 0.25) is 0 Å². The topological polar surface area (TPSA) is 43.4 Å². The Morgan fingerprint density at radius 2 is 1.87 bits per heavy atom. The molecular formula is C11H16O3S. The van der Waals surface area contributed by atoms with E-state index in [1.807, 2.05) is 26.8 Å². The minimum atomic E-state index is -3.45. The standard InChI is InChI=1S/C11H16O3S/c1-8(2)11-9(3)6-5-7-10(11)14-15(4,12)13/h5-8H,1-4H3. The second-order valence-corrected chi connectivity index (χ2v) is 5.50. The predicted molar refractivity (Wildman–Crippen MR) is 60.7 cm³/mol. The Bertz CT molecular complexity index is 447. The molecule has 0 radical (unpaired) electrons. The lowest BCUT2D eigenvalue weighted by molar-refractivity contribution is 0.487. The summed E-state index contributed by atoms with van der Waals surface area (Å²) in [5, 5.41) is 0. The quantitative estimate of drug-likeness (QED) is 0.746. The summed E-state index contributed by atoms with van der Waals surface area (Å²) in [5.74, 6) is 0.676. The first-order valence-electron chi connectivity index (χ1n) is 4.80. The van der Waals surface area contributed by atoms with Crippen molar-refractivity contribution in [3.8, 4) is 5.75 Å². The van der Waals surface area contributed by atoms with Crippen molar-refractivity contribution in [3.05, 3.63) is 29.3 Å². The normalized spacial score (nSPS) is 11.8. The first kappa shape index (κ1) is 12.0. The maximum absolute atomic E-state index is 11.1. The van der Waals surface area contributed by atoms with E-state index >= 15 is 0 Å². The van der Waals surface area contributed by atoms with Crippen molar-refractivity contribution in [3.63, 3.8) is 0 Å². The molecule has 1 aromatic carbocycles. The summed E-state index contributed by atoms with van der Waals surface area (Å²) >= 11 is 0. The Balaban J connectivity index is 3.24. The molecule has 15 heavy (non-hydrogen) atoms. The fourth-order valence-corrected chi connectivity index (χ4v) is 2.10. The lowest BCUT2D eigenvalue weighted by atomic mass is 9.97. The van der Waals surface area contributed by atoms with Gasteiger partial charge in [0.2, 0.25) is 0 Å². The smallest absolute Gasteiger partial charge is 0.306 e. The highest BCUT2D eigenvalue weighted by atomic mass is 32.2. The van der Waals surface area contributed by atoms with E-state index in [-0.39, 0.29) is 5.92 Å². The van der Waals surface area contributed by atoms with Crippen LogP contribution in [0.3, 0.4) is 0 Å². The van der Waals surface area contributed by atoms with Gasteiger partial charge in [0.05, 0.1) is 6.26 Å². The first-order valence-corrected chi connectivity index (χ1v) is 6.62. The molecule has 1 rings (SSSR count). The van der Waals surface area contributed by atoms with Crippen molar-refractivity contribution < 1.29 is 12.6 Å². The third kappa shape index (κ3) is 3.23. The molecule has 0 aliphatic rings. The van der Waals surface area contributed by atoms with Crippen LogP contribution in [0.15, 0.2) is 18.2 Å². The average Bonchev–Trinajstić information content (AvgIpc) is 1.99. The summed E-state index contributed by atoms with van der Waals surface area (Å²) in [6.07, 6.45) is 1.06. The molecule has 0 atom stereocenters. The van der Waals surface area contributed by atoms with Crippen LogP contribution < -0.4 is 4.18 Å². The van der Waals surface area contributed by atoms with Crippen molar-refractivity contribution in [2.45, 2.75) is 26.7 Å². The largest absolute Gasteiger partial charge is 0.382 e. The highest BCUT2D eigenvalue weighted by Gasteiger charge is 2.14. The van der Waals surface area contributed by atoms with Crippen LogP contribution in [-0.2, 0) is 10.1 Å². The van der Waals surface area contributed by atoms with Crippen LogP contribution in [0.1, 0.15) is 30.9 Å². The summed E-state index contributed by atoms with van der Waals surface area (Å²) in [6.45, 7) is 5.97. The summed E-state index contributed by atoms with van der Waals surface area (Å²) < 4.78 is 27.1. The molecule has 0 aliphatic carbocycles. The zero-order valence-electron chi connectivity index (χ0n) is 9.44. The molecule has 1 aromatic rings. The first-order chi connectivity index (χ1) is 6.81. The second-order valence-electron chi connectivity index (χ2n) is 3.93. The van der Waals surface area contributed by atoms with Crippen LogP contribution in [0.4, 0.5) is 0 Å². The van der Waals surface area contributed by atoms with Crippen molar-refractivity contribution in [2.24, 2.45) is 0 Å². The molecule has 0 bridgehead atoms. The van der Waals surface area contributed by atoms with Gasteiger partial charge in [-0.05, 0) is 24.5 Å². The van der Waals surface area contributed by atoms with Gasteiger partial charge in [-0.3, -0.25) is 0 Å². The molecule has 0 aromatic heterocycles. The number of rotatable bonds is 3. The van der Waals surface area contributed by atoms with Gasteiger partial charge in [-0.15, -0.1) is 0 Å². The van der Waals surface area contributed by atoms with Gasteiger partial charge >= 0.3 is 10.1 Å². The molecule has 0 saturated carbocycles.